The summed E-state index contributed by atoms with van der Waals surface area (Å²) in [5.74, 6) is 0. The van der Waals surface area contributed by atoms with Gasteiger partial charge in [0.15, 0.2) is 0 Å². The van der Waals surface area contributed by atoms with Crippen molar-refractivity contribution < 1.29 is 0 Å². The number of nitrogens with zero attached hydrogens (tertiary/aromatic N) is 4. The molecule has 4 nitrogen and oxygen atoms in total. The molecule has 4 heteroatoms. The fourth-order valence-electron chi connectivity index (χ4n) is 12.1. The zero-order valence-electron chi connectivity index (χ0n) is 38.6. The molecule has 0 saturated carbocycles. The molecule has 0 aliphatic carbocycles. The minimum Gasteiger partial charge on any atom is -0.310 e. The van der Waals surface area contributed by atoms with Crippen molar-refractivity contribution in [3.63, 3.8) is 0 Å². The summed E-state index contributed by atoms with van der Waals surface area (Å²) < 4.78 is 4.87. The predicted octanol–water partition coefficient (Wildman–Crippen LogP) is 17.3. The lowest BCUT2D eigenvalue weighted by Gasteiger charge is -2.42. The van der Waals surface area contributed by atoms with Crippen LogP contribution >= 0.6 is 0 Å². The van der Waals surface area contributed by atoms with E-state index in [9.17, 15) is 0 Å². The molecule has 0 fully saturated rings. The highest BCUT2D eigenvalue weighted by molar-refractivity contribution is 6.13. The van der Waals surface area contributed by atoms with E-state index in [1.54, 1.807) is 0 Å². The number of hydrogen-bond acceptors (Lipinski definition) is 2. The third kappa shape index (κ3) is 5.37. The number of benzene rings is 10. The van der Waals surface area contributed by atoms with E-state index in [0.717, 1.165) is 22.7 Å². The summed E-state index contributed by atoms with van der Waals surface area (Å²) in [5, 5.41) is 7.46. The molecule has 0 amide bonds. The second kappa shape index (κ2) is 14.1. The topological polar surface area (TPSA) is 16.3 Å². The average Bonchev–Trinajstić information content (AvgIpc) is 3.88. The monoisotopic (exact) mass is 872 g/mol. The maximum atomic E-state index is 2.51. The van der Waals surface area contributed by atoms with Crippen molar-refractivity contribution in [2.75, 3.05) is 9.80 Å². The molecule has 0 unspecified atom stereocenters. The lowest BCUT2D eigenvalue weighted by atomic mass is 9.73. The number of aromatic nitrogens is 2. The summed E-state index contributed by atoms with van der Waals surface area (Å²) in [5.41, 5.74) is 19.1. The molecule has 2 aliphatic rings. The maximum absolute atomic E-state index is 2.51. The highest BCUT2D eigenvalue weighted by Gasteiger charge is 2.40. The molecule has 4 heterocycles. The lowest BCUT2D eigenvalue weighted by molar-refractivity contribution is 0.632. The van der Waals surface area contributed by atoms with Gasteiger partial charge in [-0.2, -0.15) is 0 Å². The fraction of sp³-hybridized carbons (Fsp3) is 0.0938. The first-order chi connectivity index (χ1) is 33.3. The van der Waals surface area contributed by atoms with Crippen LogP contribution in [0.25, 0.3) is 65.8 Å². The van der Waals surface area contributed by atoms with Gasteiger partial charge in [0.2, 0.25) is 0 Å². The summed E-state index contributed by atoms with van der Waals surface area (Å²) in [6.07, 6.45) is 0. The van der Waals surface area contributed by atoms with E-state index in [1.165, 1.54) is 99.4 Å². The van der Waals surface area contributed by atoms with Crippen molar-refractivity contribution in [3.05, 3.63) is 241 Å². The van der Waals surface area contributed by atoms with E-state index < -0.39 is 0 Å². The van der Waals surface area contributed by atoms with Gasteiger partial charge in [0.25, 0.3) is 0 Å². The third-order valence-electron chi connectivity index (χ3n) is 15.4. The molecule has 2 aliphatic heterocycles. The molecule has 0 spiro atoms. The quantitative estimate of drug-likeness (QED) is 0.175. The van der Waals surface area contributed by atoms with Gasteiger partial charge in [-0.1, -0.05) is 149 Å². The number of anilines is 6. The van der Waals surface area contributed by atoms with Crippen LogP contribution in [0.5, 0.6) is 0 Å². The van der Waals surface area contributed by atoms with E-state index in [0.29, 0.717) is 0 Å². The normalized spacial score (nSPS) is 14.6. The molecule has 0 bridgehead atoms. The standard InChI is InChI=1S/C64H48N4/c1-63(2)51-25-13-17-29-57(51)67(61-39-59-49(37-53(61)63)47-23-11-15-27-55(47)65(59)43-19-7-5-8-20-43)45-33-31-42-36-46(34-32-41(42)35-45)68-58-30-18-14-26-52(58)64(3,4)54-38-50-48-24-12-16-28-56(48)66(60(50)40-62(54)68)44-21-9-6-10-22-44/h5-40H,1-4H3. The molecule has 2 aromatic heterocycles. The Hall–Kier alpha value is -8.34. The maximum Gasteiger partial charge on any atom is 0.0562 e. The van der Waals surface area contributed by atoms with Crippen molar-refractivity contribution in [1.29, 1.82) is 0 Å². The highest BCUT2D eigenvalue weighted by atomic mass is 15.2. The summed E-state index contributed by atoms with van der Waals surface area (Å²) >= 11 is 0. The minimum atomic E-state index is -0.227. The number of hydrogen-bond donors (Lipinski definition) is 0. The Morgan fingerprint density at radius 1 is 0.265 bits per heavy atom. The Morgan fingerprint density at radius 3 is 1.09 bits per heavy atom. The first kappa shape index (κ1) is 38.9. The summed E-state index contributed by atoms with van der Waals surface area (Å²) in [4.78, 5) is 5.01. The molecule has 10 aromatic carbocycles. The molecule has 0 radical (unpaired) electrons. The number of fused-ring (bicyclic) bond motifs is 11. The van der Waals surface area contributed by atoms with Gasteiger partial charge in [-0.15, -0.1) is 0 Å². The minimum absolute atomic E-state index is 0.227. The average molecular weight is 873 g/mol. The van der Waals surface area contributed by atoms with Crippen LogP contribution < -0.4 is 9.80 Å². The molecule has 0 atom stereocenters. The van der Waals surface area contributed by atoms with Crippen LogP contribution in [0.4, 0.5) is 34.1 Å². The van der Waals surface area contributed by atoms with Crippen LogP contribution in [0, 0.1) is 0 Å². The summed E-state index contributed by atoms with van der Waals surface area (Å²) in [6, 6.07) is 81.2. The molecular formula is C64H48N4. The number of rotatable bonds is 4. The van der Waals surface area contributed by atoms with E-state index in [2.05, 4.69) is 265 Å². The van der Waals surface area contributed by atoms with Gasteiger partial charge in [0, 0.05) is 55.1 Å². The van der Waals surface area contributed by atoms with Gasteiger partial charge < -0.3 is 18.9 Å². The van der Waals surface area contributed by atoms with Crippen molar-refractivity contribution in [2.24, 2.45) is 0 Å². The summed E-state index contributed by atoms with van der Waals surface area (Å²) in [7, 11) is 0. The van der Waals surface area contributed by atoms with Crippen LogP contribution in [0.15, 0.2) is 218 Å². The Balaban J connectivity index is 0.955. The molecule has 68 heavy (non-hydrogen) atoms. The smallest absolute Gasteiger partial charge is 0.0562 e. The van der Waals surface area contributed by atoms with Gasteiger partial charge in [0.05, 0.1) is 44.8 Å². The van der Waals surface area contributed by atoms with E-state index in [4.69, 9.17) is 0 Å². The first-order valence-corrected chi connectivity index (χ1v) is 23.8. The number of para-hydroxylation sites is 6. The van der Waals surface area contributed by atoms with E-state index >= 15 is 0 Å². The van der Waals surface area contributed by atoms with Crippen LogP contribution in [0.2, 0.25) is 0 Å². The summed E-state index contributed by atoms with van der Waals surface area (Å²) in [6.45, 7) is 9.54. The molecule has 12 aromatic rings. The highest BCUT2D eigenvalue weighted by Crippen LogP contribution is 2.56. The molecule has 0 N–H and O–H groups in total. The second-order valence-electron chi connectivity index (χ2n) is 19.8. The van der Waals surface area contributed by atoms with Crippen molar-refractivity contribution in [2.45, 2.75) is 38.5 Å². The van der Waals surface area contributed by atoms with Gasteiger partial charge in [-0.25, -0.2) is 0 Å². The Labute approximate surface area is 396 Å². The van der Waals surface area contributed by atoms with Crippen LogP contribution in [-0.2, 0) is 10.8 Å². The van der Waals surface area contributed by atoms with Gasteiger partial charge in [0.1, 0.15) is 0 Å². The Bertz CT molecular complexity index is 3780. The Morgan fingerprint density at radius 2 is 0.647 bits per heavy atom. The molecule has 0 saturated heterocycles. The first-order valence-electron chi connectivity index (χ1n) is 23.8. The van der Waals surface area contributed by atoms with Crippen molar-refractivity contribution in [3.8, 4) is 11.4 Å². The van der Waals surface area contributed by atoms with Gasteiger partial charge in [-0.3, -0.25) is 0 Å². The van der Waals surface area contributed by atoms with Gasteiger partial charge >= 0.3 is 0 Å². The third-order valence-corrected chi connectivity index (χ3v) is 15.4. The Kier molecular flexibility index (Phi) is 8.06. The van der Waals surface area contributed by atoms with Crippen LogP contribution in [-0.4, -0.2) is 9.13 Å². The van der Waals surface area contributed by atoms with Gasteiger partial charge in [-0.05, 0) is 130 Å². The van der Waals surface area contributed by atoms with Crippen molar-refractivity contribution >= 4 is 88.5 Å². The zero-order chi connectivity index (χ0) is 45.5. The zero-order valence-corrected chi connectivity index (χ0v) is 38.6. The fourth-order valence-corrected chi connectivity index (χ4v) is 12.1. The largest absolute Gasteiger partial charge is 0.310 e. The van der Waals surface area contributed by atoms with Crippen LogP contribution in [0.1, 0.15) is 49.9 Å². The molecule has 14 rings (SSSR count). The van der Waals surface area contributed by atoms with Crippen molar-refractivity contribution in [1.82, 2.24) is 9.13 Å². The molecular weight excluding hydrogens is 825 g/mol. The van der Waals surface area contributed by atoms with Crippen LogP contribution in [0.3, 0.4) is 0 Å². The van der Waals surface area contributed by atoms with E-state index in [-0.39, 0.29) is 10.8 Å². The SMILES string of the molecule is CC1(C)c2ccccc2N(c2ccc3cc(N4c5ccccc5C(C)(C)c5cc6c7ccccc7n(-c7ccccc7)c6cc54)ccc3c2)c2cc3c(cc21)c1ccccc1n3-c1ccccc1. The lowest BCUT2D eigenvalue weighted by Crippen LogP contribution is -2.30. The van der Waals surface area contributed by atoms with E-state index in [1.807, 2.05) is 0 Å². The predicted molar refractivity (Wildman–Crippen MR) is 286 cm³/mol. The second-order valence-corrected chi connectivity index (χ2v) is 19.8. The molecule has 324 valence electrons.